The Bertz CT molecular complexity index is 715. The maximum atomic E-state index is 10.4. The van der Waals surface area contributed by atoms with Crippen LogP contribution in [0.5, 0.6) is 11.5 Å². The van der Waals surface area contributed by atoms with Crippen molar-refractivity contribution in [2.75, 3.05) is 47.6 Å². The highest BCUT2D eigenvalue weighted by molar-refractivity contribution is 5.42. The molecule has 1 saturated carbocycles. The molecule has 1 aromatic carbocycles. The quantitative estimate of drug-likeness (QED) is 0.573. The number of nitrogens with zero attached hydrogens (tertiary/aromatic N) is 1. The zero-order valence-electron chi connectivity index (χ0n) is 18.6. The number of rotatable bonds is 11. The minimum absolute atomic E-state index is 0.384. The summed E-state index contributed by atoms with van der Waals surface area (Å²) < 4.78 is 16.5. The zero-order valence-corrected chi connectivity index (χ0v) is 18.6. The van der Waals surface area contributed by atoms with Gasteiger partial charge in [-0.3, -0.25) is 0 Å². The Labute approximate surface area is 175 Å². The highest BCUT2D eigenvalue weighted by Gasteiger charge is 2.50. The number of ether oxygens (including phenoxy) is 3. The molecule has 3 aliphatic rings. The molecule has 4 rings (SSSR count). The van der Waals surface area contributed by atoms with Crippen molar-refractivity contribution in [2.24, 2.45) is 17.3 Å². The fourth-order valence-corrected chi connectivity index (χ4v) is 4.81. The summed E-state index contributed by atoms with van der Waals surface area (Å²) in [4.78, 5) is 2.14. The van der Waals surface area contributed by atoms with Gasteiger partial charge >= 0.3 is 0 Å². The summed E-state index contributed by atoms with van der Waals surface area (Å²) in [5, 5.41) is 10.4. The van der Waals surface area contributed by atoms with E-state index in [4.69, 9.17) is 14.2 Å². The Morgan fingerprint density at radius 2 is 1.97 bits per heavy atom. The van der Waals surface area contributed by atoms with Gasteiger partial charge in [0.05, 0.1) is 33.5 Å². The van der Waals surface area contributed by atoms with Crippen molar-refractivity contribution >= 4 is 0 Å². The van der Waals surface area contributed by atoms with E-state index < -0.39 is 6.10 Å². The van der Waals surface area contributed by atoms with Crippen LogP contribution in [-0.2, 0) is 11.2 Å². The number of aliphatic hydroxyl groups is 1. The predicted octanol–water partition coefficient (Wildman–Crippen LogP) is 3.55. The first-order chi connectivity index (χ1) is 13.8. The number of methoxy groups -OCH3 is 2. The number of fused-ring (bicyclic) bond motifs is 1. The monoisotopic (exact) mass is 403 g/mol. The van der Waals surface area contributed by atoms with Crippen molar-refractivity contribution in [1.29, 1.82) is 0 Å². The molecule has 162 valence electrons. The molecule has 0 radical (unpaired) electrons. The largest absolute Gasteiger partial charge is 0.493 e. The molecule has 0 aliphatic heterocycles. The second-order valence-corrected chi connectivity index (χ2v) is 9.19. The minimum atomic E-state index is -0.475. The van der Waals surface area contributed by atoms with Crippen LogP contribution in [-0.4, -0.2) is 63.7 Å². The first kappa shape index (κ1) is 22.1. The van der Waals surface area contributed by atoms with E-state index in [1.807, 2.05) is 19.2 Å². The molecule has 2 bridgehead atoms. The van der Waals surface area contributed by atoms with Gasteiger partial charge < -0.3 is 24.2 Å². The molecular formula is C24H37NO4. The Morgan fingerprint density at radius 3 is 2.62 bits per heavy atom. The van der Waals surface area contributed by atoms with E-state index >= 15 is 0 Å². The highest BCUT2D eigenvalue weighted by atomic mass is 16.5. The van der Waals surface area contributed by atoms with Crippen LogP contribution < -0.4 is 9.47 Å². The lowest BCUT2D eigenvalue weighted by Crippen LogP contribution is -2.48. The average molecular weight is 404 g/mol. The normalized spacial score (nSPS) is 23.3. The number of hydrogen-bond acceptors (Lipinski definition) is 5. The summed E-state index contributed by atoms with van der Waals surface area (Å²) in [7, 11) is 5.33. The molecule has 29 heavy (non-hydrogen) atoms. The first-order valence-electron chi connectivity index (χ1n) is 10.7. The van der Waals surface area contributed by atoms with Crippen molar-refractivity contribution < 1.29 is 19.3 Å². The Morgan fingerprint density at radius 1 is 1.21 bits per heavy atom. The molecule has 1 aromatic rings. The van der Waals surface area contributed by atoms with Crippen LogP contribution in [0, 0.1) is 17.3 Å². The van der Waals surface area contributed by atoms with Gasteiger partial charge in [0.15, 0.2) is 11.5 Å². The van der Waals surface area contributed by atoms with Gasteiger partial charge in [-0.05, 0) is 66.8 Å². The molecule has 5 heteroatoms. The zero-order chi connectivity index (χ0) is 21.0. The molecule has 0 spiro atoms. The Balaban J connectivity index is 1.36. The third kappa shape index (κ3) is 5.14. The third-order valence-electron chi connectivity index (χ3n) is 6.91. The number of allylic oxidation sites excluding steroid dienone is 1. The lowest BCUT2D eigenvalue weighted by molar-refractivity contribution is -0.0255. The maximum Gasteiger partial charge on any atom is 0.160 e. The van der Waals surface area contributed by atoms with Crippen molar-refractivity contribution in [3.8, 4) is 11.5 Å². The van der Waals surface area contributed by atoms with Crippen molar-refractivity contribution in [3.63, 3.8) is 0 Å². The average Bonchev–Trinajstić information content (AvgIpc) is 2.71. The molecule has 5 nitrogen and oxygen atoms in total. The van der Waals surface area contributed by atoms with Gasteiger partial charge in [-0.15, -0.1) is 0 Å². The van der Waals surface area contributed by atoms with E-state index in [0.29, 0.717) is 31.1 Å². The van der Waals surface area contributed by atoms with E-state index in [2.05, 4.69) is 30.9 Å². The fraction of sp³-hybridized carbons (Fsp3) is 0.667. The van der Waals surface area contributed by atoms with Crippen molar-refractivity contribution in [3.05, 3.63) is 35.4 Å². The minimum Gasteiger partial charge on any atom is -0.493 e. The summed E-state index contributed by atoms with van der Waals surface area (Å²) in [6.07, 6.45) is 5.27. The molecule has 0 amide bonds. The summed E-state index contributed by atoms with van der Waals surface area (Å²) in [5.74, 6) is 3.01. The van der Waals surface area contributed by atoms with Crippen LogP contribution >= 0.6 is 0 Å². The second kappa shape index (κ2) is 9.50. The standard InChI is InChI=1S/C24H37NO4/c1-24(2)19-8-7-18(21(24)13-19)15-29-16-20(26)14-25(3)11-10-17-6-9-22(27-4)23(12-17)28-5/h6-7,9,12,19-21,26H,8,10-11,13-16H2,1-5H3/t19-,20-,21+/m1/s1. The van der Waals surface area contributed by atoms with Gasteiger partial charge in [0, 0.05) is 13.1 Å². The number of likely N-dealkylation sites (N-methyl/N-ethyl adjacent to an activating group) is 1. The van der Waals surface area contributed by atoms with E-state index in [1.54, 1.807) is 14.2 Å². The summed E-state index contributed by atoms with van der Waals surface area (Å²) in [6, 6.07) is 6.00. The molecule has 0 saturated heterocycles. The molecular weight excluding hydrogens is 366 g/mol. The number of hydrogen-bond donors (Lipinski definition) is 1. The molecule has 0 unspecified atom stereocenters. The van der Waals surface area contributed by atoms with Gasteiger partial charge in [-0.1, -0.05) is 26.0 Å². The number of aliphatic hydroxyl groups excluding tert-OH is 1. The molecule has 1 fully saturated rings. The Kier molecular flexibility index (Phi) is 7.25. The molecule has 0 heterocycles. The van der Waals surface area contributed by atoms with Gasteiger partial charge in [0.2, 0.25) is 0 Å². The van der Waals surface area contributed by atoms with E-state index in [0.717, 1.165) is 30.4 Å². The van der Waals surface area contributed by atoms with Crippen LogP contribution in [0.4, 0.5) is 0 Å². The van der Waals surface area contributed by atoms with Gasteiger partial charge in [0.1, 0.15) is 0 Å². The molecule has 3 atom stereocenters. The number of benzene rings is 1. The summed E-state index contributed by atoms with van der Waals surface area (Å²) >= 11 is 0. The van der Waals surface area contributed by atoms with Gasteiger partial charge in [0.25, 0.3) is 0 Å². The SMILES string of the molecule is COc1ccc(CCN(C)C[C@@H](O)COCC2=CC[C@@H]3C[C@@H]2C3(C)C)cc1OC. The topological polar surface area (TPSA) is 51.2 Å². The molecule has 0 aromatic heterocycles. The summed E-state index contributed by atoms with van der Waals surface area (Å²) in [5.41, 5.74) is 3.05. The van der Waals surface area contributed by atoms with E-state index in [-0.39, 0.29) is 0 Å². The highest BCUT2D eigenvalue weighted by Crippen LogP contribution is 2.59. The fourth-order valence-electron chi connectivity index (χ4n) is 4.81. The van der Waals surface area contributed by atoms with Crippen LogP contribution in [0.15, 0.2) is 29.8 Å². The van der Waals surface area contributed by atoms with Crippen LogP contribution in [0.25, 0.3) is 0 Å². The summed E-state index contributed by atoms with van der Waals surface area (Å²) in [6.45, 7) is 7.25. The third-order valence-corrected chi connectivity index (χ3v) is 6.91. The Hall–Kier alpha value is -1.56. The maximum absolute atomic E-state index is 10.4. The first-order valence-corrected chi connectivity index (χ1v) is 10.7. The lowest BCUT2D eigenvalue weighted by atomic mass is 9.49. The van der Waals surface area contributed by atoms with Crippen LogP contribution in [0.2, 0.25) is 0 Å². The van der Waals surface area contributed by atoms with Crippen LogP contribution in [0.3, 0.4) is 0 Å². The van der Waals surface area contributed by atoms with Crippen molar-refractivity contribution in [1.82, 2.24) is 4.90 Å². The van der Waals surface area contributed by atoms with Gasteiger partial charge in [-0.2, -0.15) is 0 Å². The van der Waals surface area contributed by atoms with Gasteiger partial charge in [-0.25, -0.2) is 0 Å². The van der Waals surface area contributed by atoms with Crippen molar-refractivity contribution in [2.45, 2.75) is 39.2 Å². The molecule has 1 N–H and O–H groups in total. The van der Waals surface area contributed by atoms with Crippen LogP contribution in [0.1, 0.15) is 32.3 Å². The molecule has 3 aliphatic carbocycles. The van der Waals surface area contributed by atoms with E-state index in [1.165, 1.54) is 24.0 Å². The predicted molar refractivity (Wildman–Crippen MR) is 116 cm³/mol. The second-order valence-electron chi connectivity index (χ2n) is 9.19. The lowest BCUT2D eigenvalue weighted by Gasteiger charge is -2.56. The smallest absolute Gasteiger partial charge is 0.160 e. The van der Waals surface area contributed by atoms with E-state index in [9.17, 15) is 5.11 Å².